The molecule has 14 nitrogen and oxygen atoms in total. The number of hydrogen-bond donors (Lipinski definition) is 0. The van der Waals surface area contributed by atoms with E-state index in [2.05, 4.69) is 0 Å². The lowest BCUT2D eigenvalue weighted by molar-refractivity contribution is -0.258. The molecule has 1 heterocycles. The van der Waals surface area contributed by atoms with Crippen LogP contribution in [0.2, 0.25) is 0 Å². The van der Waals surface area contributed by atoms with Gasteiger partial charge in [-0.05, 0) is 49.6 Å². The number of rotatable bonds is 10. The predicted molar refractivity (Wildman–Crippen MR) is 195 cm³/mol. The van der Waals surface area contributed by atoms with Gasteiger partial charge in [-0.2, -0.15) is 0 Å². The minimum Gasteiger partial charge on any atom is -0.462 e. The predicted octanol–water partition coefficient (Wildman–Crippen LogP) is 4.42. The zero-order chi connectivity index (χ0) is 40.8. The summed E-state index contributed by atoms with van der Waals surface area (Å²) in [4.78, 5) is 80.9. The maximum Gasteiger partial charge on any atom is 0.308 e. The van der Waals surface area contributed by atoms with Gasteiger partial charge in [-0.1, -0.05) is 51.1 Å². The van der Waals surface area contributed by atoms with E-state index < -0.39 is 101 Å². The van der Waals surface area contributed by atoms with Crippen LogP contribution in [0.5, 0.6) is 0 Å². The third kappa shape index (κ3) is 8.03. The van der Waals surface area contributed by atoms with Crippen molar-refractivity contribution in [1.82, 2.24) is 4.90 Å². The van der Waals surface area contributed by atoms with E-state index in [1.807, 2.05) is 63.2 Å². The summed E-state index contributed by atoms with van der Waals surface area (Å²) in [6.45, 7) is 13.7. The van der Waals surface area contributed by atoms with E-state index in [1.165, 1.54) is 34.6 Å². The summed E-state index contributed by atoms with van der Waals surface area (Å²) >= 11 is 0. The summed E-state index contributed by atoms with van der Waals surface area (Å²) in [6, 6.07) is 9.21. The largest absolute Gasteiger partial charge is 0.462 e. The Morgan fingerprint density at radius 1 is 0.764 bits per heavy atom. The van der Waals surface area contributed by atoms with Crippen molar-refractivity contribution >= 4 is 35.8 Å². The van der Waals surface area contributed by atoms with Gasteiger partial charge in [-0.25, -0.2) is 0 Å². The summed E-state index contributed by atoms with van der Waals surface area (Å²) < 4.78 is 43.5. The van der Waals surface area contributed by atoms with Gasteiger partial charge in [0.05, 0.1) is 18.4 Å². The number of ether oxygens (including phenoxy) is 7. The molecule has 1 unspecified atom stereocenters. The second kappa shape index (κ2) is 15.7. The number of epoxide rings is 1. The molecule has 1 aliphatic heterocycles. The minimum absolute atomic E-state index is 0.0190. The van der Waals surface area contributed by atoms with Gasteiger partial charge in [0.1, 0.15) is 30.0 Å². The van der Waals surface area contributed by atoms with Crippen molar-refractivity contribution in [2.75, 3.05) is 20.7 Å². The van der Waals surface area contributed by atoms with Crippen molar-refractivity contribution in [2.45, 2.75) is 130 Å². The van der Waals surface area contributed by atoms with Crippen LogP contribution in [0.4, 0.5) is 0 Å². The Morgan fingerprint density at radius 3 is 1.84 bits per heavy atom. The Morgan fingerprint density at radius 2 is 1.33 bits per heavy atom. The van der Waals surface area contributed by atoms with Crippen LogP contribution >= 0.6 is 0 Å². The highest BCUT2D eigenvalue weighted by molar-refractivity contribution is 5.72. The van der Waals surface area contributed by atoms with E-state index in [0.717, 1.165) is 5.56 Å². The Bertz CT molecular complexity index is 1710. The number of benzene rings is 1. The summed E-state index contributed by atoms with van der Waals surface area (Å²) in [5.41, 5.74) is -1.77. The summed E-state index contributed by atoms with van der Waals surface area (Å²) in [7, 11) is 3.73. The van der Waals surface area contributed by atoms with Gasteiger partial charge >= 0.3 is 35.8 Å². The maximum atomic E-state index is 14.0. The molecule has 3 aliphatic carbocycles. The quantitative estimate of drug-likeness (QED) is 0.142. The number of carbonyl (C=O) groups excluding carboxylic acids is 6. The van der Waals surface area contributed by atoms with E-state index in [4.69, 9.17) is 33.2 Å². The van der Waals surface area contributed by atoms with E-state index in [1.54, 1.807) is 13.8 Å². The zero-order valence-corrected chi connectivity index (χ0v) is 33.7. The molecule has 14 heteroatoms. The normalized spacial score (nSPS) is 33.9. The third-order valence-electron chi connectivity index (χ3n) is 12.2. The lowest BCUT2D eigenvalue weighted by atomic mass is 9.47. The fourth-order valence-electron chi connectivity index (χ4n) is 9.95. The van der Waals surface area contributed by atoms with Gasteiger partial charge < -0.3 is 38.1 Å². The molecule has 1 spiro atoms. The van der Waals surface area contributed by atoms with Crippen molar-refractivity contribution in [3.05, 3.63) is 47.0 Å². The van der Waals surface area contributed by atoms with E-state index in [9.17, 15) is 28.8 Å². The van der Waals surface area contributed by atoms with Crippen LogP contribution in [0, 0.1) is 22.7 Å². The highest BCUT2D eigenvalue weighted by Gasteiger charge is 2.78. The number of hydrogen-bond acceptors (Lipinski definition) is 14. The van der Waals surface area contributed by atoms with Crippen LogP contribution < -0.4 is 0 Å². The molecular weight excluding hydrogens is 714 g/mol. The van der Waals surface area contributed by atoms with Crippen LogP contribution in [-0.4, -0.2) is 104 Å². The van der Waals surface area contributed by atoms with Crippen molar-refractivity contribution in [1.29, 1.82) is 0 Å². The van der Waals surface area contributed by atoms with Crippen LogP contribution in [0.3, 0.4) is 0 Å². The van der Waals surface area contributed by atoms with Gasteiger partial charge in [0.2, 0.25) is 0 Å². The van der Waals surface area contributed by atoms with Crippen LogP contribution in [0.25, 0.3) is 0 Å². The van der Waals surface area contributed by atoms with E-state index >= 15 is 0 Å². The maximum absolute atomic E-state index is 14.0. The highest BCUT2D eigenvalue weighted by atomic mass is 16.6. The highest BCUT2D eigenvalue weighted by Crippen LogP contribution is 2.66. The first kappa shape index (κ1) is 41.9. The Balaban J connectivity index is 1.75. The number of fused-ring (bicyclic) bond motifs is 4. The first-order valence-electron chi connectivity index (χ1n) is 18.8. The molecule has 55 heavy (non-hydrogen) atoms. The van der Waals surface area contributed by atoms with Gasteiger partial charge in [0.15, 0.2) is 12.2 Å². The minimum atomic E-state index is -1.50. The van der Waals surface area contributed by atoms with Crippen molar-refractivity contribution in [3.8, 4) is 0 Å². The molecule has 5 rings (SSSR count). The fraction of sp³-hybridized carbons (Fsp3) is 0.659. The molecule has 1 saturated heterocycles. The van der Waals surface area contributed by atoms with Crippen molar-refractivity contribution in [2.24, 2.45) is 22.7 Å². The van der Waals surface area contributed by atoms with Gasteiger partial charge in [-0.15, -0.1) is 0 Å². The van der Waals surface area contributed by atoms with E-state index in [0.29, 0.717) is 11.1 Å². The Kier molecular flexibility index (Phi) is 11.9. The monoisotopic (exact) mass is 769 g/mol. The fourth-order valence-corrected chi connectivity index (χ4v) is 9.95. The molecule has 0 aromatic heterocycles. The first-order chi connectivity index (χ1) is 25.6. The van der Waals surface area contributed by atoms with Gasteiger partial charge in [0, 0.05) is 58.9 Å². The summed E-state index contributed by atoms with van der Waals surface area (Å²) in [6.07, 6.45) is -6.61. The second-order valence-corrected chi connectivity index (χ2v) is 16.4. The molecule has 0 amide bonds. The average molecular weight is 770 g/mol. The molecule has 2 saturated carbocycles. The van der Waals surface area contributed by atoms with Crippen LogP contribution in [0.1, 0.15) is 93.2 Å². The van der Waals surface area contributed by atoms with Crippen molar-refractivity contribution < 1.29 is 61.9 Å². The summed E-state index contributed by atoms with van der Waals surface area (Å²) in [5, 5.41) is 0. The molecule has 3 fully saturated rings. The third-order valence-corrected chi connectivity index (χ3v) is 12.2. The molecule has 2 bridgehead atoms. The molecule has 4 aliphatic rings. The molecule has 302 valence electrons. The standard InChI is InChI=1S/C41H55NO13/c1-21-30(50-22(2)43)17-28-35(52-24(4)45)37-40(9,38(54-26(6)47)36(53-25(5)46)34(21)39(28,7)8)31(51-23(3)44)19-32(41(37)20-49-41)55-33(48)18-29(42(10)11)27-15-13-12-14-16-27/h12-16,28-32,35-38H,17-20H2,1-11H3/t28-,29?,30-,31-,32-,35+,36+,37-,38-,40+,41+/m0/s1. The zero-order valence-electron chi connectivity index (χ0n) is 33.7. The SMILES string of the molecule is CC(=O)O[C@H]1[C@@H]2[C@@]3(CO3)[C@@H](OC(=O)CC(c3ccccc3)N(C)C)C[C@H](OC(C)=O)[C@@]2(C)[C@@H](OC(C)=O)[C@H](OC(C)=O)C2=C(C)[C@@H](OC(C)=O)C[C@@H]1C2(C)C. The number of carbonyl (C=O) groups is 6. The molecule has 11 atom stereocenters. The topological polar surface area (TPSA) is 174 Å². The Hall–Kier alpha value is -4.30. The smallest absolute Gasteiger partial charge is 0.308 e. The first-order valence-corrected chi connectivity index (χ1v) is 18.8. The average Bonchev–Trinajstić information content (AvgIpc) is 3.85. The molecule has 1 aromatic carbocycles. The molecular formula is C41H55NO13. The molecule has 0 N–H and O–H groups in total. The lowest BCUT2D eigenvalue weighted by Gasteiger charge is -2.62. The summed E-state index contributed by atoms with van der Waals surface area (Å²) in [5.74, 6) is -5.41. The van der Waals surface area contributed by atoms with Gasteiger partial charge in [0.25, 0.3) is 0 Å². The van der Waals surface area contributed by atoms with Crippen LogP contribution in [-0.2, 0) is 61.9 Å². The van der Waals surface area contributed by atoms with Crippen molar-refractivity contribution in [3.63, 3.8) is 0 Å². The van der Waals surface area contributed by atoms with Gasteiger partial charge in [-0.3, -0.25) is 28.8 Å². The second-order valence-electron chi connectivity index (χ2n) is 16.4. The number of nitrogens with zero attached hydrogens (tertiary/aromatic N) is 1. The Labute approximate surface area is 322 Å². The van der Waals surface area contributed by atoms with Crippen LogP contribution in [0.15, 0.2) is 41.5 Å². The molecule has 0 radical (unpaired) electrons. The molecule has 1 aromatic rings. The van der Waals surface area contributed by atoms with E-state index in [-0.39, 0.29) is 31.9 Å². The number of esters is 6. The lowest BCUT2D eigenvalue weighted by Crippen LogP contribution is -2.72.